The van der Waals surface area contributed by atoms with Crippen LogP contribution in [0.4, 0.5) is 4.79 Å². The van der Waals surface area contributed by atoms with E-state index in [9.17, 15) is 9.59 Å². The predicted octanol–water partition coefficient (Wildman–Crippen LogP) is 4.00. The van der Waals surface area contributed by atoms with Crippen molar-refractivity contribution in [1.29, 1.82) is 0 Å². The molecule has 2 rings (SSSR count). The van der Waals surface area contributed by atoms with Gasteiger partial charge in [-0.1, -0.05) is 42.5 Å². The number of hydrogen-bond donors (Lipinski definition) is 1. The smallest absolute Gasteiger partial charge is 0.408 e. The zero-order valence-electron chi connectivity index (χ0n) is 16.0. The number of esters is 1. The lowest BCUT2D eigenvalue weighted by Gasteiger charge is -2.22. The van der Waals surface area contributed by atoms with Gasteiger partial charge in [0, 0.05) is 0 Å². The van der Waals surface area contributed by atoms with E-state index in [2.05, 4.69) is 5.32 Å². The molecule has 6 nitrogen and oxygen atoms in total. The first-order valence-electron chi connectivity index (χ1n) is 8.62. The average Bonchev–Trinajstić information content (AvgIpc) is 2.64. The minimum atomic E-state index is -0.965. The summed E-state index contributed by atoms with van der Waals surface area (Å²) in [5.74, 6) is 0.0716. The largest absolute Gasteiger partial charge is 0.489 e. The van der Waals surface area contributed by atoms with Crippen LogP contribution in [-0.4, -0.2) is 24.8 Å². The first kappa shape index (κ1) is 20.3. The highest BCUT2D eigenvalue weighted by Crippen LogP contribution is 2.21. The summed E-state index contributed by atoms with van der Waals surface area (Å²) >= 11 is 0. The Morgan fingerprint density at radius 2 is 1.63 bits per heavy atom. The molecule has 0 radical (unpaired) electrons. The molecule has 1 amide bonds. The number of rotatable bonds is 6. The molecule has 1 N–H and O–H groups in total. The fourth-order valence-electron chi connectivity index (χ4n) is 2.32. The molecule has 0 aliphatic heterocycles. The van der Waals surface area contributed by atoms with E-state index < -0.39 is 23.7 Å². The SMILES string of the molecule is COC(=O)[C@@H](NC(=O)OC(C)(C)C)c1ccc(OCc2ccccc2)cc1. The highest BCUT2D eigenvalue weighted by atomic mass is 16.6. The lowest BCUT2D eigenvalue weighted by Crippen LogP contribution is -2.38. The number of ether oxygens (including phenoxy) is 3. The molecule has 2 aromatic carbocycles. The number of benzene rings is 2. The standard InChI is InChI=1S/C21H25NO5/c1-21(2,3)27-20(24)22-18(19(23)25-4)16-10-12-17(13-11-16)26-14-15-8-6-5-7-9-15/h5-13,18H,14H2,1-4H3,(H,22,24)/t18-/m0/s1. The fraction of sp³-hybridized carbons (Fsp3) is 0.333. The quantitative estimate of drug-likeness (QED) is 0.777. The number of nitrogens with one attached hydrogen (secondary N) is 1. The normalized spacial score (nSPS) is 12.0. The Morgan fingerprint density at radius 1 is 1.00 bits per heavy atom. The maximum atomic E-state index is 12.1. The van der Waals surface area contributed by atoms with E-state index in [1.807, 2.05) is 30.3 Å². The van der Waals surface area contributed by atoms with Crippen LogP contribution in [0.25, 0.3) is 0 Å². The summed E-state index contributed by atoms with van der Waals surface area (Å²) in [5, 5.41) is 2.54. The van der Waals surface area contributed by atoms with Crippen molar-refractivity contribution < 1.29 is 23.8 Å². The van der Waals surface area contributed by atoms with Gasteiger partial charge in [-0.05, 0) is 44.0 Å². The van der Waals surface area contributed by atoms with Crippen LogP contribution in [0.15, 0.2) is 54.6 Å². The molecule has 0 aliphatic carbocycles. The maximum absolute atomic E-state index is 12.1. The van der Waals surface area contributed by atoms with E-state index in [4.69, 9.17) is 14.2 Å². The van der Waals surface area contributed by atoms with Gasteiger partial charge in [0.2, 0.25) is 0 Å². The molecular weight excluding hydrogens is 346 g/mol. The van der Waals surface area contributed by atoms with Crippen molar-refractivity contribution in [2.75, 3.05) is 7.11 Å². The average molecular weight is 371 g/mol. The van der Waals surface area contributed by atoms with Crippen LogP contribution in [0.1, 0.15) is 37.9 Å². The maximum Gasteiger partial charge on any atom is 0.408 e. The summed E-state index contributed by atoms with van der Waals surface area (Å²) in [6.45, 7) is 5.69. The Kier molecular flexibility index (Phi) is 6.82. The summed E-state index contributed by atoms with van der Waals surface area (Å²) in [5.41, 5.74) is 0.959. The Morgan fingerprint density at radius 3 is 2.19 bits per heavy atom. The zero-order chi connectivity index (χ0) is 19.9. The van der Waals surface area contributed by atoms with Crippen molar-refractivity contribution in [2.45, 2.75) is 39.0 Å². The van der Waals surface area contributed by atoms with Gasteiger partial charge in [0.25, 0.3) is 0 Å². The van der Waals surface area contributed by atoms with Crippen LogP contribution in [0.2, 0.25) is 0 Å². The number of methoxy groups -OCH3 is 1. The van der Waals surface area contributed by atoms with Gasteiger partial charge in [-0.15, -0.1) is 0 Å². The van der Waals surface area contributed by atoms with Gasteiger partial charge in [-0.25, -0.2) is 9.59 Å². The number of carbonyl (C=O) groups excluding carboxylic acids is 2. The third kappa shape index (κ3) is 6.66. The first-order chi connectivity index (χ1) is 12.8. The lowest BCUT2D eigenvalue weighted by molar-refractivity contribution is -0.143. The highest BCUT2D eigenvalue weighted by Gasteiger charge is 2.26. The van der Waals surface area contributed by atoms with E-state index >= 15 is 0 Å². The van der Waals surface area contributed by atoms with Gasteiger partial charge in [0.05, 0.1) is 7.11 Å². The fourth-order valence-corrected chi connectivity index (χ4v) is 2.32. The molecule has 0 spiro atoms. The molecule has 6 heteroatoms. The second kappa shape index (κ2) is 9.07. The van der Waals surface area contributed by atoms with Crippen molar-refractivity contribution in [3.63, 3.8) is 0 Å². The van der Waals surface area contributed by atoms with Gasteiger partial charge in [-0.2, -0.15) is 0 Å². The molecule has 0 heterocycles. The monoisotopic (exact) mass is 371 g/mol. The molecule has 1 atom stereocenters. The molecule has 2 aromatic rings. The summed E-state index contributed by atoms with van der Waals surface area (Å²) in [6.07, 6.45) is -0.692. The second-order valence-corrected chi connectivity index (χ2v) is 6.95. The molecule has 27 heavy (non-hydrogen) atoms. The summed E-state index contributed by atoms with van der Waals surface area (Å²) in [7, 11) is 1.27. The molecule has 0 aliphatic rings. The molecule has 0 unspecified atom stereocenters. The molecular formula is C21H25NO5. The Hall–Kier alpha value is -3.02. The Bertz CT molecular complexity index is 750. The minimum Gasteiger partial charge on any atom is -0.489 e. The Balaban J connectivity index is 2.05. The summed E-state index contributed by atoms with van der Waals surface area (Å²) in [6, 6.07) is 15.7. The van der Waals surface area contributed by atoms with Crippen molar-refractivity contribution >= 4 is 12.1 Å². The molecule has 0 aromatic heterocycles. The third-order valence-electron chi connectivity index (χ3n) is 3.56. The van der Waals surface area contributed by atoms with Gasteiger partial charge in [0.1, 0.15) is 18.0 Å². The van der Waals surface area contributed by atoms with E-state index in [1.54, 1.807) is 45.0 Å². The first-order valence-corrected chi connectivity index (χ1v) is 8.62. The van der Waals surface area contributed by atoms with Crippen molar-refractivity contribution in [3.05, 3.63) is 65.7 Å². The number of carbonyl (C=O) groups is 2. The number of hydrogen-bond acceptors (Lipinski definition) is 5. The summed E-state index contributed by atoms with van der Waals surface area (Å²) in [4.78, 5) is 24.1. The topological polar surface area (TPSA) is 73.9 Å². The lowest BCUT2D eigenvalue weighted by atomic mass is 10.1. The summed E-state index contributed by atoms with van der Waals surface area (Å²) < 4.78 is 15.7. The highest BCUT2D eigenvalue weighted by molar-refractivity contribution is 5.82. The van der Waals surface area contributed by atoms with Crippen LogP contribution in [0.3, 0.4) is 0 Å². The van der Waals surface area contributed by atoms with E-state index in [-0.39, 0.29) is 0 Å². The van der Waals surface area contributed by atoms with E-state index in [0.717, 1.165) is 5.56 Å². The second-order valence-electron chi connectivity index (χ2n) is 6.95. The molecule has 144 valence electrons. The van der Waals surface area contributed by atoms with Crippen LogP contribution >= 0.6 is 0 Å². The molecule has 0 bridgehead atoms. The van der Waals surface area contributed by atoms with Crippen molar-refractivity contribution in [3.8, 4) is 5.75 Å². The van der Waals surface area contributed by atoms with Gasteiger partial charge < -0.3 is 19.5 Å². The van der Waals surface area contributed by atoms with Gasteiger partial charge in [-0.3, -0.25) is 0 Å². The number of amides is 1. The molecule has 0 saturated carbocycles. The zero-order valence-corrected chi connectivity index (χ0v) is 16.0. The van der Waals surface area contributed by atoms with E-state index in [1.165, 1.54) is 7.11 Å². The predicted molar refractivity (Wildman–Crippen MR) is 101 cm³/mol. The molecule has 0 saturated heterocycles. The Labute approximate surface area is 159 Å². The molecule has 0 fully saturated rings. The van der Waals surface area contributed by atoms with Crippen molar-refractivity contribution in [1.82, 2.24) is 5.32 Å². The van der Waals surface area contributed by atoms with Crippen LogP contribution < -0.4 is 10.1 Å². The number of alkyl carbamates (subject to hydrolysis) is 1. The van der Waals surface area contributed by atoms with Crippen molar-refractivity contribution in [2.24, 2.45) is 0 Å². The van der Waals surface area contributed by atoms with Gasteiger partial charge >= 0.3 is 12.1 Å². The van der Waals surface area contributed by atoms with Crippen LogP contribution in [0.5, 0.6) is 5.75 Å². The van der Waals surface area contributed by atoms with Crippen LogP contribution in [-0.2, 0) is 20.9 Å². The third-order valence-corrected chi connectivity index (χ3v) is 3.56. The minimum absolute atomic E-state index is 0.441. The van der Waals surface area contributed by atoms with E-state index in [0.29, 0.717) is 17.9 Å². The van der Waals surface area contributed by atoms with Gasteiger partial charge in [0.15, 0.2) is 6.04 Å². The van der Waals surface area contributed by atoms with Crippen LogP contribution in [0, 0.1) is 0 Å².